The Balaban J connectivity index is 5.14. The van der Waals surface area contributed by atoms with Gasteiger partial charge in [-0.25, -0.2) is 0 Å². The maximum absolute atomic E-state index is 12.3. The van der Waals surface area contributed by atoms with Gasteiger partial charge in [-0.3, -0.25) is 9.59 Å². The van der Waals surface area contributed by atoms with E-state index in [1.807, 2.05) is 0 Å². The van der Waals surface area contributed by atoms with Crippen LogP contribution in [0, 0.1) is 5.92 Å². The first-order valence-corrected chi connectivity index (χ1v) is 7.18. The van der Waals surface area contributed by atoms with Crippen LogP contribution < -0.4 is 16.8 Å². The monoisotopic (exact) mass is 301 g/mol. The molecule has 0 unspecified atom stereocenters. The molecule has 0 aliphatic heterocycles. The highest BCUT2D eigenvalue weighted by atomic mass is 16.3. The second kappa shape index (κ2) is 8.86. The molecule has 6 N–H and O–H groups in total. The minimum Gasteiger partial charge on any atom is -0.386 e. The molecule has 0 saturated heterocycles. The number of nitrogens with two attached hydrogens (primary N) is 2. The van der Waals surface area contributed by atoms with E-state index in [-0.39, 0.29) is 12.3 Å². The van der Waals surface area contributed by atoms with Crippen LogP contribution >= 0.6 is 0 Å². The maximum atomic E-state index is 12.3. The van der Waals surface area contributed by atoms with Crippen LogP contribution in [-0.4, -0.2) is 47.3 Å². The smallest absolute Gasteiger partial charge is 0.248 e. The Morgan fingerprint density at radius 1 is 1.29 bits per heavy atom. The number of hydrogen-bond acceptors (Lipinski definition) is 6. The highest BCUT2D eigenvalue weighted by Crippen LogP contribution is 2.16. The van der Waals surface area contributed by atoms with Crippen LogP contribution in [0.1, 0.15) is 40.0 Å². The molecular formula is C14H27N3O4. The average molecular weight is 301 g/mol. The van der Waals surface area contributed by atoms with Crippen LogP contribution in [0.25, 0.3) is 0 Å². The fourth-order valence-electron chi connectivity index (χ4n) is 1.91. The molecule has 1 amide bonds. The molecule has 0 aliphatic carbocycles. The summed E-state index contributed by atoms with van der Waals surface area (Å²) in [6.07, 6.45) is 0.416. The van der Waals surface area contributed by atoms with Gasteiger partial charge in [-0.2, -0.15) is 0 Å². The summed E-state index contributed by atoms with van der Waals surface area (Å²) in [6, 6.07) is -0.725. The standard InChI is InChI=1S/C14H27N3O4/c1-9(2)11(8-18)17-13(21)14(16,6-4-5-7-15)12(20)10(3)19/h8-11,19H,4-7,15-16H2,1-3H3,(H,17,21)/t10-,11-,14-/m1/s1. The third-order valence-electron chi connectivity index (χ3n) is 3.41. The molecular weight excluding hydrogens is 274 g/mol. The number of aldehydes is 1. The van der Waals surface area contributed by atoms with Crippen LogP contribution in [0.2, 0.25) is 0 Å². The molecule has 0 fully saturated rings. The third kappa shape index (κ3) is 5.53. The predicted molar refractivity (Wildman–Crippen MR) is 79.3 cm³/mol. The molecule has 0 radical (unpaired) electrons. The van der Waals surface area contributed by atoms with Gasteiger partial charge in [0.25, 0.3) is 0 Å². The maximum Gasteiger partial charge on any atom is 0.248 e. The fourth-order valence-corrected chi connectivity index (χ4v) is 1.91. The molecule has 0 heterocycles. The van der Waals surface area contributed by atoms with Crippen molar-refractivity contribution >= 4 is 18.0 Å². The van der Waals surface area contributed by atoms with E-state index in [1.165, 1.54) is 6.92 Å². The molecule has 0 spiro atoms. The molecule has 122 valence electrons. The average Bonchev–Trinajstić information content (AvgIpc) is 2.42. The van der Waals surface area contributed by atoms with Crippen molar-refractivity contribution in [3.63, 3.8) is 0 Å². The molecule has 0 aromatic rings. The molecule has 0 bridgehead atoms. The Labute approximate surface area is 125 Å². The number of rotatable bonds is 10. The van der Waals surface area contributed by atoms with Crippen LogP contribution in [0.15, 0.2) is 0 Å². The van der Waals surface area contributed by atoms with Gasteiger partial charge in [0.15, 0.2) is 11.3 Å². The summed E-state index contributed by atoms with van der Waals surface area (Å²) in [5.74, 6) is -1.62. The predicted octanol–water partition coefficient (Wildman–Crippen LogP) is -0.897. The molecule has 3 atom stereocenters. The number of unbranched alkanes of at least 4 members (excludes halogenated alkanes) is 1. The Kier molecular flexibility index (Phi) is 8.31. The minimum absolute atomic E-state index is 0.0729. The molecule has 0 aromatic heterocycles. The van der Waals surface area contributed by atoms with Gasteiger partial charge in [0, 0.05) is 0 Å². The molecule has 0 rings (SSSR count). The Morgan fingerprint density at radius 3 is 2.24 bits per heavy atom. The Bertz CT molecular complexity index is 371. The van der Waals surface area contributed by atoms with Crippen molar-refractivity contribution in [2.75, 3.05) is 6.54 Å². The number of aliphatic hydroxyl groups excluding tert-OH is 1. The summed E-state index contributed by atoms with van der Waals surface area (Å²) in [5.41, 5.74) is 9.49. The lowest BCUT2D eigenvalue weighted by molar-refractivity contribution is -0.142. The second-order valence-electron chi connectivity index (χ2n) is 5.64. The zero-order valence-corrected chi connectivity index (χ0v) is 13.0. The SMILES string of the molecule is CC(C)[C@@H](C=O)NC(=O)[C@@](N)(CCCCN)C(=O)[C@@H](C)O. The van der Waals surface area contributed by atoms with E-state index in [1.54, 1.807) is 13.8 Å². The number of hydrogen-bond donors (Lipinski definition) is 4. The van der Waals surface area contributed by atoms with E-state index < -0.39 is 29.4 Å². The first kappa shape index (κ1) is 19.7. The van der Waals surface area contributed by atoms with Gasteiger partial charge in [-0.15, -0.1) is 0 Å². The van der Waals surface area contributed by atoms with Crippen molar-refractivity contribution < 1.29 is 19.5 Å². The normalized spacial score (nSPS) is 16.9. The number of Topliss-reactive ketones (excluding diaryl/α,β-unsaturated/α-hetero) is 1. The van der Waals surface area contributed by atoms with Crippen molar-refractivity contribution in [2.24, 2.45) is 17.4 Å². The highest BCUT2D eigenvalue weighted by Gasteiger charge is 2.43. The fraction of sp³-hybridized carbons (Fsp3) is 0.786. The third-order valence-corrected chi connectivity index (χ3v) is 3.41. The molecule has 21 heavy (non-hydrogen) atoms. The van der Waals surface area contributed by atoms with Crippen molar-refractivity contribution in [3.05, 3.63) is 0 Å². The lowest BCUT2D eigenvalue weighted by Crippen LogP contribution is -2.63. The first-order valence-electron chi connectivity index (χ1n) is 7.18. The van der Waals surface area contributed by atoms with Gasteiger partial charge >= 0.3 is 0 Å². The summed E-state index contributed by atoms with van der Waals surface area (Å²) < 4.78 is 0. The van der Waals surface area contributed by atoms with Crippen molar-refractivity contribution in [1.29, 1.82) is 0 Å². The van der Waals surface area contributed by atoms with Gasteiger partial charge in [0.2, 0.25) is 5.91 Å². The summed E-state index contributed by atoms with van der Waals surface area (Å²) in [5, 5.41) is 11.9. The summed E-state index contributed by atoms with van der Waals surface area (Å²) in [4.78, 5) is 35.4. The van der Waals surface area contributed by atoms with Crippen molar-refractivity contribution in [3.8, 4) is 0 Å². The zero-order chi connectivity index (χ0) is 16.6. The van der Waals surface area contributed by atoms with E-state index in [0.717, 1.165) is 0 Å². The molecule has 0 aliphatic rings. The number of carbonyl (C=O) groups excluding carboxylic acids is 3. The van der Waals surface area contributed by atoms with E-state index in [0.29, 0.717) is 25.7 Å². The number of amides is 1. The van der Waals surface area contributed by atoms with Gasteiger partial charge in [0.05, 0.1) is 6.04 Å². The highest BCUT2D eigenvalue weighted by molar-refractivity contribution is 6.12. The second-order valence-corrected chi connectivity index (χ2v) is 5.64. The molecule has 7 nitrogen and oxygen atoms in total. The van der Waals surface area contributed by atoms with Gasteiger partial charge in [-0.05, 0) is 38.6 Å². The van der Waals surface area contributed by atoms with Crippen molar-refractivity contribution in [2.45, 2.75) is 57.7 Å². The van der Waals surface area contributed by atoms with Crippen LogP contribution in [0.5, 0.6) is 0 Å². The van der Waals surface area contributed by atoms with Gasteiger partial charge in [-0.1, -0.05) is 13.8 Å². The van der Waals surface area contributed by atoms with E-state index in [9.17, 15) is 19.5 Å². The minimum atomic E-state index is -1.85. The van der Waals surface area contributed by atoms with Crippen molar-refractivity contribution in [1.82, 2.24) is 5.32 Å². The zero-order valence-electron chi connectivity index (χ0n) is 13.0. The number of nitrogens with one attached hydrogen (secondary N) is 1. The first-order chi connectivity index (χ1) is 9.70. The lowest BCUT2D eigenvalue weighted by Gasteiger charge is -2.30. The van der Waals surface area contributed by atoms with E-state index >= 15 is 0 Å². The molecule has 0 saturated carbocycles. The summed E-state index contributed by atoms with van der Waals surface area (Å²) >= 11 is 0. The van der Waals surface area contributed by atoms with E-state index in [2.05, 4.69) is 5.32 Å². The topological polar surface area (TPSA) is 136 Å². The largest absolute Gasteiger partial charge is 0.386 e. The number of aliphatic hydroxyl groups is 1. The Morgan fingerprint density at radius 2 is 1.86 bits per heavy atom. The quantitative estimate of drug-likeness (QED) is 0.235. The summed E-state index contributed by atoms with van der Waals surface area (Å²) in [7, 11) is 0. The van der Waals surface area contributed by atoms with E-state index in [4.69, 9.17) is 11.5 Å². The molecule has 7 heteroatoms. The summed E-state index contributed by atoms with van der Waals surface area (Å²) in [6.45, 7) is 5.22. The van der Waals surface area contributed by atoms with Crippen LogP contribution in [0.3, 0.4) is 0 Å². The number of carbonyl (C=O) groups is 3. The molecule has 0 aromatic carbocycles. The lowest BCUT2D eigenvalue weighted by atomic mass is 9.85. The Hall–Kier alpha value is -1.31. The van der Waals surface area contributed by atoms with Crippen LogP contribution in [-0.2, 0) is 14.4 Å². The van der Waals surface area contributed by atoms with Gasteiger partial charge in [0.1, 0.15) is 12.4 Å². The van der Waals surface area contributed by atoms with Gasteiger partial charge < -0.3 is 26.7 Å². The van der Waals surface area contributed by atoms with Crippen LogP contribution in [0.4, 0.5) is 0 Å². The number of ketones is 1.